The third kappa shape index (κ3) is 3.26. The van der Waals surface area contributed by atoms with Gasteiger partial charge in [0.25, 0.3) is 5.91 Å². The van der Waals surface area contributed by atoms with E-state index in [4.69, 9.17) is 0 Å². The highest BCUT2D eigenvalue weighted by molar-refractivity contribution is 6.04. The topological polar surface area (TPSA) is 72.7 Å². The van der Waals surface area contributed by atoms with Crippen molar-refractivity contribution in [2.24, 2.45) is 0 Å². The van der Waals surface area contributed by atoms with Crippen LogP contribution in [0.5, 0.6) is 0 Å². The summed E-state index contributed by atoms with van der Waals surface area (Å²) in [4.78, 5) is 12.3. The summed E-state index contributed by atoms with van der Waals surface area (Å²) in [5.41, 5.74) is 4.38. The van der Waals surface area contributed by atoms with Crippen LogP contribution < -0.4 is 5.32 Å². The van der Waals surface area contributed by atoms with Crippen LogP contribution in [0.15, 0.2) is 48.8 Å². The van der Waals surface area contributed by atoms with E-state index < -0.39 is 0 Å². The Balaban J connectivity index is 1.82. The van der Waals surface area contributed by atoms with E-state index in [1.165, 1.54) is 11.9 Å². The number of nitrogens with one attached hydrogen (secondary N) is 1. The van der Waals surface area contributed by atoms with E-state index in [1.807, 2.05) is 49.4 Å². The summed E-state index contributed by atoms with van der Waals surface area (Å²) in [6, 6.07) is 13.3. The van der Waals surface area contributed by atoms with Crippen molar-refractivity contribution in [3.05, 3.63) is 65.5 Å². The average molecular weight is 307 g/mol. The Labute approximate surface area is 134 Å². The summed E-state index contributed by atoms with van der Waals surface area (Å²) in [6.45, 7) is 4.05. The first-order valence-corrected chi connectivity index (χ1v) is 7.41. The van der Waals surface area contributed by atoms with Gasteiger partial charge in [0.05, 0.1) is 5.69 Å². The van der Waals surface area contributed by atoms with Crippen LogP contribution in [-0.2, 0) is 6.42 Å². The van der Waals surface area contributed by atoms with Crippen LogP contribution >= 0.6 is 0 Å². The van der Waals surface area contributed by atoms with E-state index >= 15 is 0 Å². The molecule has 6 nitrogen and oxygen atoms in total. The van der Waals surface area contributed by atoms with Crippen LogP contribution in [0.3, 0.4) is 0 Å². The molecule has 1 N–H and O–H groups in total. The molecule has 2 aromatic carbocycles. The summed E-state index contributed by atoms with van der Waals surface area (Å²) < 4.78 is 1.57. The van der Waals surface area contributed by atoms with Crippen molar-refractivity contribution >= 4 is 11.6 Å². The molecular weight excluding hydrogens is 290 g/mol. The van der Waals surface area contributed by atoms with Crippen molar-refractivity contribution in [2.45, 2.75) is 20.3 Å². The number of hydrogen-bond acceptors (Lipinski definition) is 4. The van der Waals surface area contributed by atoms with Gasteiger partial charge in [-0.25, -0.2) is 4.68 Å². The van der Waals surface area contributed by atoms with Crippen LogP contribution in [0, 0.1) is 6.92 Å². The number of carbonyl (C=O) groups excluding carboxylic acids is 1. The molecule has 0 spiro atoms. The van der Waals surface area contributed by atoms with Crippen LogP contribution in [0.2, 0.25) is 0 Å². The number of anilines is 1. The lowest BCUT2D eigenvalue weighted by Crippen LogP contribution is -2.12. The van der Waals surface area contributed by atoms with Gasteiger partial charge in [-0.1, -0.05) is 25.1 Å². The predicted molar refractivity (Wildman–Crippen MR) is 87.7 cm³/mol. The minimum Gasteiger partial charge on any atom is -0.322 e. The van der Waals surface area contributed by atoms with Crippen LogP contribution in [0.4, 0.5) is 5.69 Å². The number of benzene rings is 2. The molecule has 23 heavy (non-hydrogen) atoms. The lowest BCUT2D eigenvalue weighted by molar-refractivity contribution is 0.102. The Morgan fingerprint density at radius 3 is 2.61 bits per heavy atom. The maximum Gasteiger partial charge on any atom is 0.255 e. The molecule has 1 amide bonds. The number of nitrogens with zero attached hydrogens (tertiary/aromatic N) is 4. The maximum absolute atomic E-state index is 12.3. The zero-order chi connectivity index (χ0) is 16.2. The lowest BCUT2D eigenvalue weighted by Gasteiger charge is -2.10. The van der Waals surface area contributed by atoms with Gasteiger partial charge in [-0.05, 0) is 59.2 Å². The molecule has 3 aromatic rings. The summed E-state index contributed by atoms with van der Waals surface area (Å²) in [7, 11) is 0. The summed E-state index contributed by atoms with van der Waals surface area (Å²) in [5, 5.41) is 14.1. The zero-order valence-electron chi connectivity index (χ0n) is 13.0. The highest BCUT2D eigenvalue weighted by Crippen LogP contribution is 2.19. The average Bonchev–Trinajstić information content (AvgIpc) is 3.11. The van der Waals surface area contributed by atoms with Gasteiger partial charge in [0.2, 0.25) is 0 Å². The number of amides is 1. The second kappa shape index (κ2) is 6.39. The van der Waals surface area contributed by atoms with Gasteiger partial charge in [-0.15, -0.1) is 5.10 Å². The molecule has 0 aliphatic rings. The third-order valence-corrected chi connectivity index (χ3v) is 3.69. The molecule has 1 heterocycles. The molecule has 0 unspecified atom stereocenters. The van der Waals surface area contributed by atoms with Crippen molar-refractivity contribution in [2.75, 3.05) is 5.32 Å². The summed E-state index contributed by atoms with van der Waals surface area (Å²) in [6.07, 6.45) is 2.48. The summed E-state index contributed by atoms with van der Waals surface area (Å²) >= 11 is 0. The van der Waals surface area contributed by atoms with Crippen LogP contribution in [0.25, 0.3) is 5.69 Å². The van der Waals surface area contributed by atoms with E-state index in [-0.39, 0.29) is 5.91 Å². The zero-order valence-corrected chi connectivity index (χ0v) is 13.0. The highest BCUT2D eigenvalue weighted by Gasteiger charge is 2.09. The quantitative estimate of drug-likeness (QED) is 0.804. The van der Waals surface area contributed by atoms with Crippen molar-refractivity contribution < 1.29 is 4.79 Å². The first-order valence-electron chi connectivity index (χ1n) is 7.41. The number of aryl methyl sites for hydroxylation is 2. The largest absolute Gasteiger partial charge is 0.322 e. The Kier molecular flexibility index (Phi) is 4.14. The van der Waals surface area contributed by atoms with Crippen LogP contribution in [-0.4, -0.2) is 26.1 Å². The van der Waals surface area contributed by atoms with E-state index in [0.29, 0.717) is 11.3 Å². The molecule has 0 saturated heterocycles. The molecule has 6 heteroatoms. The minimum atomic E-state index is -0.140. The van der Waals surface area contributed by atoms with Crippen molar-refractivity contribution in [1.29, 1.82) is 0 Å². The normalized spacial score (nSPS) is 10.5. The van der Waals surface area contributed by atoms with Gasteiger partial charge in [-0.3, -0.25) is 4.79 Å². The van der Waals surface area contributed by atoms with Crippen molar-refractivity contribution in [3.8, 4) is 5.69 Å². The number of aromatic nitrogens is 4. The Bertz CT molecular complexity index is 810. The van der Waals surface area contributed by atoms with Gasteiger partial charge < -0.3 is 5.32 Å². The fourth-order valence-corrected chi connectivity index (χ4v) is 2.30. The minimum absolute atomic E-state index is 0.140. The highest BCUT2D eigenvalue weighted by atomic mass is 16.1. The van der Waals surface area contributed by atoms with Gasteiger partial charge in [-0.2, -0.15) is 0 Å². The molecule has 116 valence electrons. The van der Waals surface area contributed by atoms with Gasteiger partial charge in [0.15, 0.2) is 0 Å². The first-order chi connectivity index (χ1) is 11.2. The fourth-order valence-electron chi connectivity index (χ4n) is 2.30. The monoisotopic (exact) mass is 307 g/mol. The molecule has 0 aliphatic carbocycles. The van der Waals surface area contributed by atoms with Gasteiger partial charge >= 0.3 is 0 Å². The number of carbonyl (C=O) groups is 1. The number of rotatable bonds is 4. The molecule has 0 fully saturated rings. The van der Waals surface area contributed by atoms with E-state index in [2.05, 4.69) is 27.8 Å². The van der Waals surface area contributed by atoms with E-state index in [9.17, 15) is 4.79 Å². The van der Waals surface area contributed by atoms with Gasteiger partial charge in [0.1, 0.15) is 6.33 Å². The van der Waals surface area contributed by atoms with E-state index in [0.717, 1.165) is 17.7 Å². The third-order valence-electron chi connectivity index (χ3n) is 3.69. The second-order valence-corrected chi connectivity index (χ2v) is 5.26. The smallest absolute Gasteiger partial charge is 0.255 e. The molecule has 3 rings (SSSR count). The van der Waals surface area contributed by atoms with Crippen molar-refractivity contribution in [1.82, 2.24) is 20.2 Å². The lowest BCUT2D eigenvalue weighted by atomic mass is 10.1. The first kappa shape index (κ1) is 14.9. The molecule has 1 aromatic heterocycles. The maximum atomic E-state index is 12.3. The van der Waals surface area contributed by atoms with Crippen LogP contribution in [0.1, 0.15) is 28.4 Å². The molecular formula is C17H17N5O. The summed E-state index contributed by atoms with van der Waals surface area (Å²) in [5.74, 6) is -0.140. The SMILES string of the molecule is CCc1ccc(C(=O)Nc2ccc(C)c(-n3cnnn3)c2)cc1. The molecule has 0 aliphatic heterocycles. The molecule has 0 bridgehead atoms. The molecule has 0 atom stereocenters. The number of tetrazole rings is 1. The Morgan fingerprint density at radius 1 is 1.17 bits per heavy atom. The standard InChI is InChI=1S/C17H17N5O/c1-3-13-5-7-14(8-6-13)17(23)19-15-9-4-12(2)16(10-15)22-11-18-20-21-22/h4-11H,3H2,1-2H3,(H,19,23). The van der Waals surface area contributed by atoms with Gasteiger partial charge in [0, 0.05) is 11.3 Å². The second-order valence-electron chi connectivity index (χ2n) is 5.26. The fraction of sp³-hybridized carbons (Fsp3) is 0.176. The van der Waals surface area contributed by atoms with E-state index in [1.54, 1.807) is 4.68 Å². The Hall–Kier alpha value is -3.02. The number of hydrogen-bond donors (Lipinski definition) is 1. The van der Waals surface area contributed by atoms with Crippen molar-refractivity contribution in [3.63, 3.8) is 0 Å². The predicted octanol–water partition coefficient (Wildman–Crippen LogP) is 2.79. The Morgan fingerprint density at radius 2 is 1.96 bits per heavy atom. The molecule has 0 radical (unpaired) electrons. The molecule has 0 saturated carbocycles.